The number of aromatic nitrogens is 1. The third-order valence-corrected chi connectivity index (χ3v) is 5.04. The van der Waals surface area contributed by atoms with Crippen molar-refractivity contribution in [3.63, 3.8) is 0 Å². The Morgan fingerprint density at radius 3 is 2.65 bits per heavy atom. The van der Waals surface area contributed by atoms with Gasteiger partial charge in [0.2, 0.25) is 0 Å². The van der Waals surface area contributed by atoms with Gasteiger partial charge in [0.15, 0.2) is 0 Å². The second-order valence-corrected chi connectivity index (χ2v) is 6.93. The number of pyridine rings is 1. The molecular weight excluding hydrogens is 302 g/mol. The first-order chi connectivity index (χ1) is 11.2. The second kappa shape index (κ2) is 6.47. The first kappa shape index (κ1) is 15.6. The van der Waals surface area contributed by atoms with Gasteiger partial charge < -0.3 is 5.32 Å². The Labute approximate surface area is 141 Å². The van der Waals surface area contributed by atoms with Crippen molar-refractivity contribution in [2.45, 2.75) is 30.1 Å². The Bertz CT molecular complexity index is 755. The largest absolute Gasteiger partial charge is 0.346 e. The van der Waals surface area contributed by atoms with Crippen LogP contribution in [0.1, 0.15) is 25.3 Å². The number of nitriles is 1. The topological polar surface area (TPSA) is 48.7 Å². The second-order valence-electron chi connectivity index (χ2n) is 5.62. The molecule has 0 atom stereocenters. The summed E-state index contributed by atoms with van der Waals surface area (Å²) < 4.78 is 0. The number of benzene rings is 1. The minimum atomic E-state index is -0.224. The maximum atomic E-state index is 9.30. The van der Waals surface area contributed by atoms with Crippen LogP contribution in [0, 0.1) is 11.3 Å². The van der Waals surface area contributed by atoms with Gasteiger partial charge in [-0.05, 0) is 42.0 Å². The summed E-state index contributed by atoms with van der Waals surface area (Å²) in [5.41, 5.74) is 3.12. The van der Waals surface area contributed by atoms with Gasteiger partial charge in [-0.2, -0.15) is 5.26 Å². The summed E-state index contributed by atoms with van der Waals surface area (Å²) >= 11 is 1.76. The van der Waals surface area contributed by atoms with E-state index in [9.17, 15) is 5.26 Å². The summed E-state index contributed by atoms with van der Waals surface area (Å²) in [6, 6.07) is 12.9. The molecule has 1 N–H and O–H groups in total. The maximum absolute atomic E-state index is 9.30. The van der Waals surface area contributed by atoms with Gasteiger partial charge in [0.1, 0.15) is 5.82 Å². The predicted octanol–water partition coefficient (Wildman–Crippen LogP) is 4.97. The highest BCUT2D eigenvalue weighted by atomic mass is 32.2. The molecule has 1 aromatic carbocycles. The molecule has 0 radical (unpaired) electrons. The van der Waals surface area contributed by atoms with E-state index < -0.39 is 0 Å². The van der Waals surface area contributed by atoms with Crippen LogP contribution in [0.2, 0.25) is 0 Å². The van der Waals surface area contributed by atoms with Crippen LogP contribution in [0.3, 0.4) is 0 Å². The van der Waals surface area contributed by atoms with Gasteiger partial charge in [-0.1, -0.05) is 37.8 Å². The van der Waals surface area contributed by atoms with E-state index in [-0.39, 0.29) is 5.41 Å². The highest BCUT2D eigenvalue weighted by molar-refractivity contribution is 7.99. The van der Waals surface area contributed by atoms with Gasteiger partial charge in [0.05, 0.1) is 16.4 Å². The summed E-state index contributed by atoms with van der Waals surface area (Å²) in [6.07, 6.45) is 5.47. The van der Waals surface area contributed by atoms with Crippen LogP contribution < -0.4 is 5.32 Å². The highest BCUT2D eigenvalue weighted by Crippen LogP contribution is 2.47. The maximum Gasteiger partial charge on any atom is 0.143 e. The molecule has 0 unspecified atom stereocenters. The van der Waals surface area contributed by atoms with Crippen molar-refractivity contribution in [1.82, 2.24) is 4.98 Å². The van der Waals surface area contributed by atoms with Crippen molar-refractivity contribution in [3.8, 4) is 17.2 Å². The van der Waals surface area contributed by atoms with E-state index in [0.29, 0.717) is 0 Å². The quantitative estimate of drug-likeness (QED) is 0.763. The molecule has 1 heterocycles. The number of nitrogens with zero attached hydrogens (tertiary/aromatic N) is 2. The Kier molecular flexibility index (Phi) is 4.40. The molecule has 0 bridgehead atoms. The van der Waals surface area contributed by atoms with E-state index in [2.05, 4.69) is 60.2 Å². The van der Waals surface area contributed by atoms with Crippen LogP contribution in [0.25, 0.3) is 11.1 Å². The summed E-state index contributed by atoms with van der Waals surface area (Å²) in [7, 11) is 0. The minimum absolute atomic E-state index is 0.224. The molecule has 116 valence electrons. The number of anilines is 1. The third kappa shape index (κ3) is 3.11. The van der Waals surface area contributed by atoms with E-state index in [0.717, 1.165) is 46.0 Å². The number of hydrogen-bond donors (Lipinski definition) is 1. The molecular formula is C19H19N3S. The van der Waals surface area contributed by atoms with Crippen molar-refractivity contribution >= 4 is 17.6 Å². The SMILES string of the molecule is C=CNc1ncc(-c2ccc(C3(C#N)CC3)cc2)cc1SCC. The first-order valence-corrected chi connectivity index (χ1v) is 8.73. The lowest BCUT2D eigenvalue weighted by molar-refractivity contribution is 0.909. The fourth-order valence-electron chi connectivity index (χ4n) is 2.64. The average molecular weight is 321 g/mol. The van der Waals surface area contributed by atoms with Crippen LogP contribution in [-0.2, 0) is 5.41 Å². The van der Waals surface area contributed by atoms with Gasteiger partial charge in [0.25, 0.3) is 0 Å². The lowest BCUT2D eigenvalue weighted by Crippen LogP contribution is -2.01. The minimum Gasteiger partial charge on any atom is -0.346 e. The molecule has 0 saturated heterocycles. The zero-order valence-corrected chi connectivity index (χ0v) is 14.0. The molecule has 2 aromatic rings. The third-order valence-electron chi connectivity index (χ3n) is 4.13. The molecule has 1 aromatic heterocycles. The molecule has 3 nitrogen and oxygen atoms in total. The standard InChI is InChI=1S/C19H19N3S/c1-3-21-18-17(23-4-2)11-15(12-22-18)14-5-7-16(8-6-14)19(13-20)9-10-19/h3,5-8,11-12H,1,4,9-10H2,2H3,(H,21,22). The van der Waals surface area contributed by atoms with Crippen LogP contribution in [-0.4, -0.2) is 10.7 Å². The number of nitrogens with one attached hydrogen (secondary N) is 1. The fourth-order valence-corrected chi connectivity index (χ4v) is 3.41. The van der Waals surface area contributed by atoms with Gasteiger partial charge in [-0.15, -0.1) is 11.8 Å². The summed E-state index contributed by atoms with van der Waals surface area (Å²) in [5.74, 6) is 1.83. The number of hydrogen-bond acceptors (Lipinski definition) is 4. The lowest BCUT2D eigenvalue weighted by atomic mass is 9.95. The predicted molar refractivity (Wildman–Crippen MR) is 96.4 cm³/mol. The van der Waals surface area contributed by atoms with Gasteiger partial charge >= 0.3 is 0 Å². The molecule has 1 aliphatic rings. The van der Waals surface area contributed by atoms with Crippen LogP contribution in [0.5, 0.6) is 0 Å². The zero-order valence-electron chi connectivity index (χ0n) is 13.2. The van der Waals surface area contributed by atoms with Crippen LogP contribution in [0.4, 0.5) is 5.82 Å². The fraction of sp³-hybridized carbons (Fsp3) is 0.263. The van der Waals surface area contributed by atoms with Gasteiger partial charge in [0, 0.05) is 11.8 Å². The van der Waals surface area contributed by atoms with Crippen molar-refractivity contribution in [2.75, 3.05) is 11.1 Å². The van der Waals surface area contributed by atoms with Crippen molar-refractivity contribution in [1.29, 1.82) is 5.26 Å². The average Bonchev–Trinajstić information content (AvgIpc) is 3.38. The molecule has 3 rings (SSSR count). The lowest BCUT2D eigenvalue weighted by Gasteiger charge is -2.11. The Hall–Kier alpha value is -2.25. The van der Waals surface area contributed by atoms with Crippen molar-refractivity contribution < 1.29 is 0 Å². The highest BCUT2D eigenvalue weighted by Gasteiger charge is 2.44. The molecule has 1 fully saturated rings. The molecule has 0 amide bonds. The Balaban J connectivity index is 1.90. The monoisotopic (exact) mass is 321 g/mol. The molecule has 23 heavy (non-hydrogen) atoms. The van der Waals surface area contributed by atoms with Crippen molar-refractivity contribution in [2.24, 2.45) is 0 Å². The van der Waals surface area contributed by atoms with Gasteiger partial charge in [-0.25, -0.2) is 4.98 Å². The molecule has 0 spiro atoms. The molecule has 1 saturated carbocycles. The molecule has 0 aliphatic heterocycles. The summed E-state index contributed by atoms with van der Waals surface area (Å²) in [6.45, 7) is 5.82. The van der Waals surface area contributed by atoms with E-state index in [4.69, 9.17) is 0 Å². The normalized spacial score (nSPS) is 14.8. The van der Waals surface area contributed by atoms with E-state index in [1.54, 1.807) is 18.0 Å². The Morgan fingerprint density at radius 1 is 1.35 bits per heavy atom. The number of rotatable bonds is 6. The van der Waals surface area contributed by atoms with Gasteiger partial charge in [-0.3, -0.25) is 0 Å². The van der Waals surface area contributed by atoms with Crippen LogP contribution in [0.15, 0.2) is 54.2 Å². The molecule has 1 aliphatic carbocycles. The van der Waals surface area contributed by atoms with Crippen molar-refractivity contribution in [3.05, 3.63) is 54.9 Å². The summed E-state index contributed by atoms with van der Waals surface area (Å²) in [5, 5.41) is 12.4. The number of thioether (sulfide) groups is 1. The summed E-state index contributed by atoms with van der Waals surface area (Å²) in [4.78, 5) is 5.62. The van der Waals surface area contributed by atoms with Crippen LogP contribution >= 0.6 is 11.8 Å². The first-order valence-electron chi connectivity index (χ1n) is 7.75. The molecule has 4 heteroatoms. The smallest absolute Gasteiger partial charge is 0.143 e. The van der Waals surface area contributed by atoms with E-state index in [1.165, 1.54) is 0 Å². The van der Waals surface area contributed by atoms with E-state index in [1.807, 2.05) is 6.20 Å². The zero-order chi connectivity index (χ0) is 16.3. The Morgan fingerprint density at radius 2 is 2.09 bits per heavy atom. The van der Waals surface area contributed by atoms with E-state index >= 15 is 0 Å².